The summed E-state index contributed by atoms with van der Waals surface area (Å²) in [5.74, 6) is 3.46. The molecule has 1 amide bonds. The van der Waals surface area contributed by atoms with Gasteiger partial charge in [-0.15, -0.1) is 0 Å². The number of benzene rings is 2. The summed E-state index contributed by atoms with van der Waals surface area (Å²) in [6.07, 6.45) is 0.784. The van der Waals surface area contributed by atoms with E-state index >= 15 is 0 Å². The summed E-state index contributed by atoms with van der Waals surface area (Å²) in [7, 11) is 1.62. The number of carbonyl (C=O) groups excluding carboxylic acids is 1. The number of fused-ring (bicyclic) bond motifs is 1. The van der Waals surface area contributed by atoms with Crippen molar-refractivity contribution in [3.8, 4) is 28.6 Å². The highest BCUT2D eigenvalue weighted by Gasteiger charge is 2.22. The van der Waals surface area contributed by atoms with Gasteiger partial charge >= 0.3 is 0 Å². The maximum absolute atomic E-state index is 12.7. The largest absolute Gasteiger partial charge is 0.497 e. The molecule has 0 unspecified atom stereocenters. The van der Waals surface area contributed by atoms with Crippen LogP contribution in [0.5, 0.6) is 17.2 Å². The van der Waals surface area contributed by atoms with Crippen LogP contribution in [0, 0.1) is 0 Å². The zero-order valence-electron chi connectivity index (χ0n) is 18.5. The molecule has 0 atom stereocenters. The molecule has 9 nitrogen and oxygen atoms in total. The second kappa shape index (κ2) is 9.50. The molecule has 1 aromatic heterocycles. The third kappa shape index (κ3) is 4.93. The molecule has 1 fully saturated rings. The average Bonchev–Trinajstić information content (AvgIpc) is 3.52. The van der Waals surface area contributed by atoms with E-state index in [1.54, 1.807) is 7.11 Å². The Bertz CT molecular complexity index is 1110. The minimum atomic E-state index is 0.113. The maximum Gasteiger partial charge on any atom is 0.231 e. The average molecular weight is 450 g/mol. The Kier molecular flexibility index (Phi) is 6.12. The van der Waals surface area contributed by atoms with E-state index in [1.807, 2.05) is 41.3 Å². The first-order valence-corrected chi connectivity index (χ1v) is 11.0. The number of methoxy groups -OCH3 is 1. The van der Waals surface area contributed by atoms with Gasteiger partial charge in [-0.1, -0.05) is 11.2 Å². The Morgan fingerprint density at radius 2 is 1.82 bits per heavy atom. The number of nitrogens with zero attached hydrogens (tertiary/aromatic N) is 4. The fourth-order valence-electron chi connectivity index (χ4n) is 4.04. The molecule has 2 aromatic carbocycles. The van der Waals surface area contributed by atoms with Crippen molar-refractivity contribution in [3.63, 3.8) is 0 Å². The van der Waals surface area contributed by atoms with Gasteiger partial charge in [-0.3, -0.25) is 9.69 Å². The standard InChI is InChI=1S/C24H26N4O5/c1-30-19-5-3-18(4-6-19)24-25-22(33-26-24)8-9-23(29)28-12-10-27(11-13-28)15-17-2-7-20-21(14-17)32-16-31-20/h2-7,14H,8-13,15-16H2,1H3. The van der Waals surface area contributed by atoms with Crippen LogP contribution in [0.1, 0.15) is 17.9 Å². The summed E-state index contributed by atoms with van der Waals surface area (Å²) in [5, 5.41) is 4.03. The van der Waals surface area contributed by atoms with Crippen LogP contribution in [0.3, 0.4) is 0 Å². The lowest BCUT2D eigenvalue weighted by Gasteiger charge is -2.34. The van der Waals surface area contributed by atoms with Crippen molar-refractivity contribution in [1.82, 2.24) is 19.9 Å². The van der Waals surface area contributed by atoms with Crippen molar-refractivity contribution in [2.24, 2.45) is 0 Å². The van der Waals surface area contributed by atoms with Gasteiger partial charge in [0.05, 0.1) is 7.11 Å². The molecule has 1 saturated heterocycles. The van der Waals surface area contributed by atoms with Crippen LogP contribution in [-0.2, 0) is 17.8 Å². The zero-order chi connectivity index (χ0) is 22.6. The van der Waals surface area contributed by atoms with Crippen molar-refractivity contribution < 1.29 is 23.5 Å². The van der Waals surface area contributed by atoms with E-state index in [-0.39, 0.29) is 12.7 Å². The molecule has 172 valence electrons. The first-order valence-electron chi connectivity index (χ1n) is 11.0. The monoisotopic (exact) mass is 450 g/mol. The first-order chi connectivity index (χ1) is 16.2. The van der Waals surface area contributed by atoms with Gasteiger partial charge in [0.2, 0.25) is 24.4 Å². The fourth-order valence-corrected chi connectivity index (χ4v) is 4.04. The highest BCUT2D eigenvalue weighted by Crippen LogP contribution is 2.32. The second-order valence-corrected chi connectivity index (χ2v) is 8.08. The van der Waals surface area contributed by atoms with Gasteiger partial charge in [0, 0.05) is 51.1 Å². The van der Waals surface area contributed by atoms with Crippen LogP contribution < -0.4 is 14.2 Å². The van der Waals surface area contributed by atoms with Gasteiger partial charge in [-0.2, -0.15) is 4.98 Å². The number of piperazine rings is 1. The molecule has 0 radical (unpaired) electrons. The Balaban J connectivity index is 1.08. The molecular formula is C24H26N4O5. The van der Waals surface area contributed by atoms with Gasteiger partial charge < -0.3 is 23.6 Å². The number of aromatic nitrogens is 2. The van der Waals surface area contributed by atoms with E-state index in [1.165, 1.54) is 5.56 Å². The van der Waals surface area contributed by atoms with Crippen LogP contribution in [0.25, 0.3) is 11.4 Å². The summed E-state index contributed by atoms with van der Waals surface area (Å²) in [4.78, 5) is 21.4. The Morgan fingerprint density at radius 1 is 1.03 bits per heavy atom. The summed E-state index contributed by atoms with van der Waals surface area (Å²) in [5.41, 5.74) is 2.03. The number of amides is 1. The molecule has 0 aliphatic carbocycles. The Labute approximate surface area is 191 Å². The molecule has 5 rings (SSSR count). The fraction of sp³-hybridized carbons (Fsp3) is 0.375. The Morgan fingerprint density at radius 3 is 2.61 bits per heavy atom. The molecule has 3 heterocycles. The van der Waals surface area contributed by atoms with Crippen molar-refractivity contribution in [3.05, 3.63) is 53.9 Å². The quantitative estimate of drug-likeness (QED) is 0.543. The minimum absolute atomic E-state index is 0.113. The molecule has 2 aliphatic heterocycles. The van der Waals surface area contributed by atoms with Crippen LogP contribution >= 0.6 is 0 Å². The van der Waals surface area contributed by atoms with E-state index in [9.17, 15) is 4.79 Å². The van der Waals surface area contributed by atoms with E-state index in [0.29, 0.717) is 37.6 Å². The summed E-state index contributed by atoms with van der Waals surface area (Å²) in [6, 6.07) is 13.5. The highest BCUT2D eigenvalue weighted by molar-refractivity contribution is 5.76. The number of carbonyl (C=O) groups is 1. The number of hydrogen-bond donors (Lipinski definition) is 0. The lowest BCUT2D eigenvalue weighted by Crippen LogP contribution is -2.48. The van der Waals surface area contributed by atoms with E-state index in [4.69, 9.17) is 18.7 Å². The van der Waals surface area contributed by atoms with Gasteiger partial charge in [0.15, 0.2) is 11.5 Å². The number of rotatable bonds is 7. The van der Waals surface area contributed by atoms with Crippen molar-refractivity contribution in [1.29, 1.82) is 0 Å². The topological polar surface area (TPSA) is 90.2 Å². The van der Waals surface area contributed by atoms with Crippen molar-refractivity contribution in [2.75, 3.05) is 40.1 Å². The van der Waals surface area contributed by atoms with Gasteiger partial charge in [0.25, 0.3) is 0 Å². The van der Waals surface area contributed by atoms with Crippen LogP contribution in [0.15, 0.2) is 47.0 Å². The molecule has 33 heavy (non-hydrogen) atoms. The second-order valence-electron chi connectivity index (χ2n) is 8.08. The summed E-state index contributed by atoms with van der Waals surface area (Å²) >= 11 is 0. The molecular weight excluding hydrogens is 424 g/mol. The van der Waals surface area contributed by atoms with E-state index < -0.39 is 0 Å². The SMILES string of the molecule is COc1ccc(-c2noc(CCC(=O)N3CCN(Cc4ccc5c(c4)OCO5)CC3)n2)cc1. The van der Waals surface area contributed by atoms with E-state index in [2.05, 4.69) is 21.1 Å². The number of ether oxygens (including phenoxy) is 3. The molecule has 2 aliphatic rings. The molecule has 0 saturated carbocycles. The third-order valence-electron chi connectivity index (χ3n) is 5.94. The zero-order valence-corrected chi connectivity index (χ0v) is 18.5. The smallest absolute Gasteiger partial charge is 0.231 e. The summed E-state index contributed by atoms with van der Waals surface area (Å²) < 4.78 is 21.3. The normalized spacial score (nSPS) is 15.6. The van der Waals surface area contributed by atoms with Crippen LogP contribution in [0.2, 0.25) is 0 Å². The highest BCUT2D eigenvalue weighted by atomic mass is 16.7. The molecule has 3 aromatic rings. The van der Waals surface area contributed by atoms with E-state index in [0.717, 1.165) is 42.4 Å². The van der Waals surface area contributed by atoms with Gasteiger partial charge in [0.1, 0.15) is 5.75 Å². The summed E-state index contributed by atoms with van der Waals surface area (Å²) in [6.45, 7) is 4.21. The van der Waals surface area contributed by atoms with Gasteiger partial charge in [-0.05, 0) is 42.0 Å². The Hall–Kier alpha value is -3.59. The van der Waals surface area contributed by atoms with Crippen LogP contribution in [-0.4, -0.2) is 65.9 Å². The lowest BCUT2D eigenvalue weighted by atomic mass is 10.1. The molecule has 0 N–H and O–H groups in total. The predicted molar refractivity (Wildman–Crippen MR) is 119 cm³/mol. The lowest BCUT2D eigenvalue weighted by molar-refractivity contribution is -0.133. The number of aryl methyl sites for hydroxylation is 1. The van der Waals surface area contributed by atoms with Crippen molar-refractivity contribution >= 4 is 5.91 Å². The first kappa shape index (κ1) is 21.3. The molecule has 9 heteroatoms. The predicted octanol–water partition coefficient (Wildman–Crippen LogP) is 2.75. The third-order valence-corrected chi connectivity index (χ3v) is 5.94. The molecule has 0 spiro atoms. The van der Waals surface area contributed by atoms with Gasteiger partial charge in [-0.25, -0.2) is 0 Å². The van der Waals surface area contributed by atoms with Crippen LogP contribution in [0.4, 0.5) is 0 Å². The maximum atomic E-state index is 12.7. The van der Waals surface area contributed by atoms with Crippen molar-refractivity contribution in [2.45, 2.75) is 19.4 Å². The minimum Gasteiger partial charge on any atom is -0.497 e. The molecule has 0 bridgehead atoms. The number of hydrogen-bond acceptors (Lipinski definition) is 8.